The molecule has 0 radical (unpaired) electrons. The van der Waals surface area contributed by atoms with Gasteiger partial charge in [-0.15, -0.1) is 0 Å². The van der Waals surface area contributed by atoms with Crippen molar-refractivity contribution in [2.75, 3.05) is 11.3 Å². The third kappa shape index (κ3) is 3.86. The molecule has 5 nitrogen and oxygen atoms in total. The summed E-state index contributed by atoms with van der Waals surface area (Å²) in [6, 6.07) is 9.41. The Morgan fingerprint density at radius 3 is 2.67 bits per heavy atom. The lowest BCUT2D eigenvalue weighted by Gasteiger charge is -2.11. The van der Waals surface area contributed by atoms with Crippen molar-refractivity contribution in [2.24, 2.45) is 0 Å². The van der Waals surface area contributed by atoms with Crippen LogP contribution in [-0.4, -0.2) is 20.0 Å². The minimum absolute atomic E-state index is 0.144. The van der Waals surface area contributed by atoms with Crippen LogP contribution in [0.15, 0.2) is 41.3 Å². The molecule has 0 fully saturated rings. The van der Waals surface area contributed by atoms with E-state index in [4.69, 9.17) is 16.3 Å². The van der Waals surface area contributed by atoms with Crippen LogP contribution in [0.1, 0.15) is 12.5 Å². The lowest BCUT2D eigenvalue weighted by molar-refractivity contribution is 0.337. The minimum atomic E-state index is -3.71. The first-order valence-corrected chi connectivity index (χ1v) is 8.17. The molecule has 21 heavy (non-hydrogen) atoms. The standard InChI is InChI=1S/C14H15ClN2O3S/c1-3-20-12-8-7-11(9-10(12)2)21(18,19)17-14-6-4-5-13(15)16-14/h4-9H,3H2,1-2H3,(H,16,17). The molecule has 0 unspecified atom stereocenters. The van der Waals surface area contributed by atoms with Gasteiger partial charge in [0.25, 0.3) is 10.0 Å². The molecule has 0 spiro atoms. The van der Waals surface area contributed by atoms with Crippen LogP contribution in [0, 0.1) is 6.92 Å². The van der Waals surface area contributed by atoms with Crippen molar-refractivity contribution in [1.29, 1.82) is 0 Å². The van der Waals surface area contributed by atoms with E-state index in [1.165, 1.54) is 12.1 Å². The fourth-order valence-corrected chi connectivity index (χ4v) is 3.02. The number of sulfonamides is 1. The van der Waals surface area contributed by atoms with Gasteiger partial charge in [0.2, 0.25) is 0 Å². The molecule has 1 aromatic heterocycles. The number of benzene rings is 1. The molecule has 0 saturated carbocycles. The summed E-state index contributed by atoms with van der Waals surface area (Å²) in [7, 11) is -3.71. The Kier molecular flexibility index (Phi) is 4.69. The summed E-state index contributed by atoms with van der Waals surface area (Å²) < 4.78 is 32.4. The summed E-state index contributed by atoms with van der Waals surface area (Å²) in [5, 5.41) is 0.220. The highest BCUT2D eigenvalue weighted by atomic mass is 35.5. The van der Waals surface area contributed by atoms with Gasteiger partial charge in [-0.05, 0) is 49.7 Å². The molecule has 0 aliphatic rings. The van der Waals surface area contributed by atoms with E-state index >= 15 is 0 Å². The number of hydrogen-bond acceptors (Lipinski definition) is 4. The normalized spacial score (nSPS) is 11.2. The molecule has 0 bridgehead atoms. The summed E-state index contributed by atoms with van der Waals surface area (Å²) in [4.78, 5) is 4.05. The van der Waals surface area contributed by atoms with E-state index in [1.807, 2.05) is 6.92 Å². The molecule has 0 saturated heterocycles. The summed E-state index contributed by atoms with van der Waals surface area (Å²) in [6.07, 6.45) is 0. The molecule has 2 rings (SSSR count). The fourth-order valence-electron chi connectivity index (χ4n) is 1.77. The molecular formula is C14H15ClN2O3S. The first-order chi connectivity index (χ1) is 9.92. The highest BCUT2D eigenvalue weighted by molar-refractivity contribution is 7.92. The van der Waals surface area contributed by atoms with Gasteiger partial charge in [-0.1, -0.05) is 17.7 Å². The molecule has 0 amide bonds. The molecule has 112 valence electrons. The lowest BCUT2D eigenvalue weighted by atomic mass is 10.2. The van der Waals surface area contributed by atoms with Crippen LogP contribution in [0.25, 0.3) is 0 Å². The Morgan fingerprint density at radius 1 is 1.29 bits per heavy atom. The SMILES string of the molecule is CCOc1ccc(S(=O)(=O)Nc2cccc(Cl)n2)cc1C. The maximum absolute atomic E-state index is 12.3. The average molecular weight is 327 g/mol. The number of pyridine rings is 1. The number of rotatable bonds is 5. The van der Waals surface area contributed by atoms with Gasteiger partial charge in [-0.2, -0.15) is 0 Å². The molecule has 0 aliphatic heterocycles. The second kappa shape index (κ2) is 6.32. The number of aromatic nitrogens is 1. The van der Waals surface area contributed by atoms with Gasteiger partial charge < -0.3 is 4.74 Å². The Morgan fingerprint density at radius 2 is 2.05 bits per heavy atom. The largest absolute Gasteiger partial charge is 0.494 e. The number of ether oxygens (including phenoxy) is 1. The lowest BCUT2D eigenvalue weighted by Crippen LogP contribution is -2.14. The smallest absolute Gasteiger partial charge is 0.263 e. The zero-order chi connectivity index (χ0) is 15.5. The van der Waals surface area contributed by atoms with Crippen LogP contribution in [0.3, 0.4) is 0 Å². The van der Waals surface area contributed by atoms with Gasteiger partial charge in [0.05, 0.1) is 11.5 Å². The predicted octanol–water partition coefficient (Wildman–Crippen LogP) is 3.24. The molecule has 2 aromatic rings. The van der Waals surface area contributed by atoms with Gasteiger partial charge in [0.1, 0.15) is 16.7 Å². The van der Waals surface area contributed by atoms with E-state index in [1.54, 1.807) is 31.2 Å². The molecule has 1 N–H and O–H groups in total. The van der Waals surface area contributed by atoms with E-state index in [2.05, 4.69) is 9.71 Å². The van der Waals surface area contributed by atoms with Crippen LogP contribution in [0.5, 0.6) is 5.75 Å². The molecule has 1 aromatic carbocycles. The first kappa shape index (κ1) is 15.6. The van der Waals surface area contributed by atoms with E-state index in [-0.39, 0.29) is 15.9 Å². The van der Waals surface area contributed by atoms with Gasteiger partial charge in [-0.25, -0.2) is 13.4 Å². The molecule has 0 atom stereocenters. The quantitative estimate of drug-likeness (QED) is 0.856. The summed E-state index contributed by atoms with van der Waals surface area (Å²) in [5.74, 6) is 0.839. The van der Waals surface area contributed by atoms with Gasteiger partial charge in [0.15, 0.2) is 0 Å². The fraction of sp³-hybridized carbons (Fsp3) is 0.214. The van der Waals surface area contributed by atoms with Crippen molar-refractivity contribution in [3.8, 4) is 5.75 Å². The van der Waals surface area contributed by atoms with Crippen molar-refractivity contribution in [3.63, 3.8) is 0 Å². The Balaban J connectivity index is 2.29. The van der Waals surface area contributed by atoms with E-state index in [9.17, 15) is 8.42 Å². The maximum atomic E-state index is 12.3. The average Bonchev–Trinajstić information content (AvgIpc) is 2.40. The number of halogens is 1. The number of hydrogen-bond donors (Lipinski definition) is 1. The van der Waals surface area contributed by atoms with Crippen LogP contribution < -0.4 is 9.46 Å². The van der Waals surface area contributed by atoms with Crippen LogP contribution >= 0.6 is 11.6 Å². The highest BCUT2D eigenvalue weighted by Gasteiger charge is 2.16. The zero-order valence-electron chi connectivity index (χ0n) is 11.6. The second-order valence-electron chi connectivity index (χ2n) is 4.31. The van der Waals surface area contributed by atoms with Gasteiger partial charge in [0, 0.05) is 0 Å². The topological polar surface area (TPSA) is 68.3 Å². The zero-order valence-corrected chi connectivity index (χ0v) is 13.2. The molecular weight excluding hydrogens is 312 g/mol. The summed E-state index contributed by atoms with van der Waals surface area (Å²) in [6.45, 7) is 4.19. The highest BCUT2D eigenvalue weighted by Crippen LogP contribution is 2.23. The van der Waals surface area contributed by atoms with Crippen LogP contribution in [-0.2, 0) is 10.0 Å². The Bertz CT molecular complexity index is 748. The third-order valence-corrected chi connectivity index (χ3v) is 4.27. The molecule has 0 aliphatic carbocycles. The molecule has 1 heterocycles. The Labute approximate surface area is 129 Å². The van der Waals surface area contributed by atoms with Crippen molar-refractivity contribution >= 4 is 27.4 Å². The minimum Gasteiger partial charge on any atom is -0.494 e. The number of aryl methyl sites for hydroxylation is 1. The summed E-state index contributed by atoms with van der Waals surface area (Å²) in [5.41, 5.74) is 0.749. The maximum Gasteiger partial charge on any atom is 0.263 e. The number of anilines is 1. The Hall–Kier alpha value is -1.79. The van der Waals surface area contributed by atoms with Gasteiger partial charge >= 0.3 is 0 Å². The summed E-state index contributed by atoms with van der Waals surface area (Å²) >= 11 is 5.74. The van der Waals surface area contributed by atoms with E-state index < -0.39 is 10.0 Å². The predicted molar refractivity (Wildman–Crippen MR) is 82.4 cm³/mol. The van der Waals surface area contributed by atoms with Crippen molar-refractivity contribution in [2.45, 2.75) is 18.7 Å². The van der Waals surface area contributed by atoms with Crippen molar-refractivity contribution in [3.05, 3.63) is 47.1 Å². The third-order valence-electron chi connectivity index (χ3n) is 2.71. The van der Waals surface area contributed by atoms with Gasteiger partial charge in [-0.3, -0.25) is 4.72 Å². The molecule has 7 heteroatoms. The number of nitrogens with one attached hydrogen (secondary N) is 1. The first-order valence-electron chi connectivity index (χ1n) is 6.31. The number of nitrogens with zero attached hydrogens (tertiary/aromatic N) is 1. The monoisotopic (exact) mass is 326 g/mol. The van der Waals surface area contributed by atoms with Crippen LogP contribution in [0.4, 0.5) is 5.82 Å². The van der Waals surface area contributed by atoms with E-state index in [0.29, 0.717) is 12.4 Å². The van der Waals surface area contributed by atoms with Crippen LogP contribution in [0.2, 0.25) is 5.15 Å². The van der Waals surface area contributed by atoms with Crippen molar-refractivity contribution < 1.29 is 13.2 Å². The second-order valence-corrected chi connectivity index (χ2v) is 6.38. The van der Waals surface area contributed by atoms with Crippen molar-refractivity contribution in [1.82, 2.24) is 4.98 Å². The van der Waals surface area contributed by atoms with E-state index in [0.717, 1.165) is 5.56 Å².